The summed E-state index contributed by atoms with van der Waals surface area (Å²) in [6, 6.07) is 11.2. The van der Waals surface area contributed by atoms with E-state index in [9.17, 15) is 8.42 Å². The van der Waals surface area contributed by atoms with E-state index in [4.69, 9.17) is 23.2 Å². The number of rotatable bonds is 4. The highest BCUT2D eigenvalue weighted by Gasteiger charge is 2.19. The lowest BCUT2D eigenvalue weighted by Gasteiger charge is -2.11. The van der Waals surface area contributed by atoms with Gasteiger partial charge in [-0.3, -0.25) is 4.72 Å². The van der Waals surface area contributed by atoms with Crippen LogP contribution in [0.5, 0.6) is 0 Å². The van der Waals surface area contributed by atoms with Crippen molar-refractivity contribution in [3.63, 3.8) is 0 Å². The largest absolute Gasteiger partial charge is 0.280 e. The number of hydrogen-bond donors (Lipinski definition) is 1. The molecule has 0 aliphatic carbocycles. The first-order valence-corrected chi connectivity index (χ1v) is 9.01. The maximum atomic E-state index is 12.4. The van der Waals surface area contributed by atoms with E-state index in [1.807, 2.05) is 6.26 Å². The molecule has 0 atom stereocenters. The predicted octanol–water partition coefficient (Wildman–Crippen LogP) is 4.52. The minimum Gasteiger partial charge on any atom is -0.280 e. The normalized spacial score (nSPS) is 11.3. The Labute approximate surface area is 132 Å². The minimum atomic E-state index is -3.69. The van der Waals surface area contributed by atoms with Crippen LogP contribution in [0.3, 0.4) is 0 Å². The fraction of sp³-hybridized carbons (Fsp3) is 0.0769. The minimum absolute atomic E-state index is 0.160. The van der Waals surface area contributed by atoms with Gasteiger partial charge in [0.1, 0.15) is 4.90 Å². The summed E-state index contributed by atoms with van der Waals surface area (Å²) in [5.41, 5.74) is 0.446. The van der Waals surface area contributed by atoms with Crippen LogP contribution in [0.1, 0.15) is 0 Å². The molecule has 1 N–H and O–H groups in total. The fourth-order valence-corrected chi connectivity index (χ4v) is 4.17. The molecule has 2 rings (SSSR count). The van der Waals surface area contributed by atoms with Crippen LogP contribution < -0.4 is 4.72 Å². The summed E-state index contributed by atoms with van der Waals surface area (Å²) in [5.74, 6) is 0. The zero-order valence-electron chi connectivity index (χ0n) is 10.4. The van der Waals surface area contributed by atoms with E-state index in [0.29, 0.717) is 20.6 Å². The van der Waals surface area contributed by atoms with Gasteiger partial charge in [0.2, 0.25) is 0 Å². The van der Waals surface area contributed by atoms with Crippen LogP contribution in [-0.2, 0) is 10.0 Å². The van der Waals surface area contributed by atoms with Gasteiger partial charge in [-0.2, -0.15) is 0 Å². The maximum Gasteiger partial charge on any atom is 0.263 e. The van der Waals surface area contributed by atoms with Crippen LogP contribution in [0.4, 0.5) is 5.69 Å². The van der Waals surface area contributed by atoms with Crippen molar-refractivity contribution in [2.75, 3.05) is 11.0 Å². The van der Waals surface area contributed by atoms with E-state index in [0.717, 1.165) is 0 Å². The summed E-state index contributed by atoms with van der Waals surface area (Å²) in [7, 11) is -3.69. The molecule has 0 aliphatic rings. The van der Waals surface area contributed by atoms with E-state index < -0.39 is 10.0 Å². The highest BCUT2D eigenvalue weighted by Crippen LogP contribution is 2.29. The van der Waals surface area contributed by atoms with Gasteiger partial charge in [-0.05, 0) is 48.7 Å². The molecule has 0 fully saturated rings. The molecule has 0 bridgehead atoms. The molecule has 0 saturated heterocycles. The fourth-order valence-electron chi connectivity index (χ4n) is 1.59. The van der Waals surface area contributed by atoms with Gasteiger partial charge in [0.05, 0.1) is 0 Å². The van der Waals surface area contributed by atoms with Crippen molar-refractivity contribution < 1.29 is 8.42 Å². The van der Waals surface area contributed by atoms with Gasteiger partial charge >= 0.3 is 0 Å². The molecule has 3 nitrogen and oxygen atoms in total. The molecule has 0 spiro atoms. The zero-order valence-corrected chi connectivity index (χ0v) is 13.6. The average molecular weight is 348 g/mol. The van der Waals surface area contributed by atoms with Crippen LogP contribution >= 0.6 is 35.0 Å². The Morgan fingerprint density at radius 2 is 1.60 bits per heavy atom. The van der Waals surface area contributed by atoms with Crippen molar-refractivity contribution >= 4 is 50.7 Å². The lowest BCUT2D eigenvalue weighted by atomic mass is 10.3. The van der Waals surface area contributed by atoms with Gasteiger partial charge < -0.3 is 0 Å². The number of hydrogen-bond acceptors (Lipinski definition) is 3. The van der Waals surface area contributed by atoms with Crippen LogP contribution in [0.2, 0.25) is 10.0 Å². The smallest absolute Gasteiger partial charge is 0.263 e. The van der Waals surface area contributed by atoms with Gasteiger partial charge in [0.25, 0.3) is 10.0 Å². The summed E-state index contributed by atoms with van der Waals surface area (Å²) >= 11 is 13.0. The summed E-state index contributed by atoms with van der Waals surface area (Å²) < 4.78 is 27.3. The van der Waals surface area contributed by atoms with Crippen molar-refractivity contribution in [3.05, 3.63) is 52.5 Å². The van der Waals surface area contributed by atoms with Gasteiger partial charge in [0.15, 0.2) is 0 Å². The van der Waals surface area contributed by atoms with E-state index >= 15 is 0 Å². The highest BCUT2D eigenvalue weighted by molar-refractivity contribution is 7.99. The summed E-state index contributed by atoms with van der Waals surface area (Å²) in [6.45, 7) is 0. The number of halogens is 2. The number of sulfonamides is 1. The van der Waals surface area contributed by atoms with E-state index in [-0.39, 0.29) is 4.90 Å². The molecule has 0 aliphatic heterocycles. The second-order valence-corrected chi connectivity index (χ2v) is 7.28. The second kappa shape index (κ2) is 6.26. The molecule has 2 aromatic carbocycles. The van der Waals surface area contributed by atoms with Crippen LogP contribution in [0.25, 0.3) is 0 Å². The van der Waals surface area contributed by atoms with Crippen molar-refractivity contribution in [2.24, 2.45) is 0 Å². The lowest BCUT2D eigenvalue weighted by Crippen LogP contribution is -2.13. The number of benzene rings is 2. The molecule has 0 amide bonds. The van der Waals surface area contributed by atoms with Crippen molar-refractivity contribution in [2.45, 2.75) is 9.79 Å². The number of nitrogens with one attached hydrogen (secondary N) is 1. The standard InChI is InChI=1S/C13H11Cl2NO2S2/c1-19-12-7-4-10(15)8-13(12)20(17,18)16-11-5-2-9(14)3-6-11/h2-8,16H,1H3. The molecule has 0 saturated carbocycles. The molecule has 106 valence electrons. The molecular formula is C13H11Cl2NO2S2. The SMILES string of the molecule is CSc1ccc(Cl)cc1S(=O)(=O)Nc1ccc(Cl)cc1. The van der Waals surface area contributed by atoms with Crippen molar-refractivity contribution in [1.29, 1.82) is 0 Å². The van der Waals surface area contributed by atoms with Gasteiger partial charge in [0, 0.05) is 20.6 Å². The van der Waals surface area contributed by atoms with Gasteiger partial charge in [-0.1, -0.05) is 23.2 Å². The first-order chi connectivity index (χ1) is 9.42. The van der Waals surface area contributed by atoms with E-state index in [1.165, 1.54) is 17.8 Å². The van der Waals surface area contributed by atoms with Gasteiger partial charge in [-0.15, -0.1) is 11.8 Å². The van der Waals surface area contributed by atoms with Crippen molar-refractivity contribution in [3.8, 4) is 0 Å². The summed E-state index contributed by atoms with van der Waals surface area (Å²) in [6.07, 6.45) is 1.81. The van der Waals surface area contributed by atoms with Crippen LogP contribution in [0.15, 0.2) is 52.3 Å². The Morgan fingerprint density at radius 1 is 1.00 bits per heavy atom. The van der Waals surface area contributed by atoms with Gasteiger partial charge in [-0.25, -0.2) is 8.42 Å². The average Bonchev–Trinajstić information content (AvgIpc) is 2.41. The van der Waals surface area contributed by atoms with Crippen molar-refractivity contribution in [1.82, 2.24) is 0 Å². The molecule has 0 radical (unpaired) electrons. The molecular weight excluding hydrogens is 337 g/mol. The summed E-state index contributed by atoms with van der Waals surface area (Å²) in [4.78, 5) is 0.795. The second-order valence-electron chi connectivity index (χ2n) is 3.91. The predicted molar refractivity (Wildman–Crippen MR) is 85.5 cm³/mol. The molecule has 20 heavy (non-hydrogen) atoms. The first-order valence-electron chi connectivity index (χ1n) is 5.54. The quantitative estimate of drug-likeness (QED) is 0.827. The molecule has 0 aromatic heterocycles. The third-order valence-corrected chi connectivity index (χ3v) is 5.34. The number of anilines is 1. The summed E-state index contributed by atoms with van der Waals surface area (Å²) in [5, 5.41) is 0.916. The topological polar surface area (TPSA) is 46.2 Å². The Bertz CT molecular complexity index is 716. The molecule has 0 heterocycles. The lowest BCUT2D eigenvalue weighted by molar-refractivity contribution is 0.599. The number of thioether (sulfide) groups is 1. The third-order valence-electron chi connectivity index (χ3n) is 2.51. The molecule has 7 heteroatoms. The van der Waals surface area contributed by atoms with Crippen LogP contribution in [0, 0.1) is 0 Å². The van der Waals surface area contributed by atoms with E-state index in [2.05, 4.69) is 4.72 Å². The Morgan fingerprint density at radius 3 is 2.20 bits per heavy atom. The zero-order chi connectivity index (χ0) is 14.8. The molecule has 0 unspecified atom stereocenters. The Kier molecular flexibility index (Phi) is 4.86. The Hall–Kier alpha value is -0.880. The van der Waals surface area contributed by atoms with Crippen LogP contribution in [-0.4, -0.2) is 14.7 Å². The Balaban J connectivity index is 2.40. The third kappa shape index (κ3) is 3.61. The maximum absolute atomic E-state index is 12.4. The highest BCUT2D eigenvalue weighted by atomic mass is 35.5. The molecule has 2 aromatic rings. The monoisotopic (exact) mass is 347 g/mol. The van der Waals surface area contributed by atoms with E-state index in [1.54, 1.807) is 36.4 Å². The first kappa shape index (κ1) is 15.5.